The Morgan fingerprint density at radius 1 is 1.36 bits per heavy atom. The molecule has 5 heteroatoms. The molecule has 1 aromatic heterocycles. The number of aromatic nitrogens is 2. The SMILES string of the molecule is CCOc1ccc(C(=O)NCCn2ccnc2C2CC2)cc1. The highest BCUT2D eigenvalue weighted by Crippen LogP contribution is 2.38. The van der Waals surface area contributed by atoms with Crippen molar-refractivity contribution in [3.05, 3.63) is 48.0 Å². The third-order valence-corrected chi connectivity index (χ3v) is 3.76. The number of amides is 1. The lowest BCUT2D eigenvalue weighted by molar-refractivity contribution is 0.0952. The number of carbonyl (C=O) groups is 1. The zero-order valence-corrected chi connectivity index (χ0v) is 12.8. The maximum absolute atomic E-state index is 12.1. The van der Waals surface area contributed by atoms with Gasteiger partial charge in [0, 0.05) is 37.0 Å². The average Bonchev–Trinajstić information content (AvgIpc) is 3.27. The Morgan fingerprint density at radius 3 is 2.82 bits per heavy atom. The van der Waals surface area contributed by atoms with Crippen molar-refractivity contribution >= 4 is 5.91 Å². The Kier molecular flexibility index (Phi) is 4.42. The van der Waals surface area contributed by atoms with Gasteiger partial charge < -0.3 is 14.6 Å². The number of nitrogens with zero attached hydrogens (tertiary/aromatic N) is 2. The molecule has 0 radical (unpaired) electrons. The molecule has 5 nitrogen and oxygen atoms in total. The summed E-state index contributed by atoms with van der Waals surface area (Å²) in [4.78, 5) is 16.5. The van der Waals surface area contributed by atoms with E-state index in [1.165, 1.54) is 12.8 Å². The maximum Gasteiger partial charge on any atom is 0.251 e. The van der Waals surface area contributed by atoms with Crippen LogP contribution in [0, 0.1) is 0 Å². The van der Waals surface area contributed by atoms with Gasteiger partial charge in [0.1, 0.15) is 11.6 Å². The predicted molar refractivity (Wildman–Crippen MR) is 84.1 cm³/mol. The van der Waals surface area contributed by atoms with Crippen molar-refractivity contribution in [3.63, 3.8) is 0 Å². The molecule has 3 rings (SSSR count). The third kappa shape index (κ3) is 3.47. The van der Waals surface area contributed by atoms with Crippen LogP contribution in [0.1, 0.15) is 41.9 Å². The van der Waals surface area contributed by atoms with Crippen LogP contribution in [0.3, 0.4) is 0 Å². The van der Waals surface area contributed by atoms with E-state index in [1.54, 1.807) is 12.1 Å². The van der Waals surface area contributed by atoms with E-state index >= 15 is 0 Å². The molecule has 1 heterocycles. The highest BCUT2D eigenvalue weighted by atomic mass is 16.5. The fourth-order valence-corrected chi connectivity index (χ4v) is 2.47. The summed E-state index contributed by atoms with van der Waals surface area (Å²) in [5.41, 5.74) is 0.650. The van der Waals surface area contributed by atoms with Crippen molar-refractivity contribution in [1.29, 1.82) is 0 Å². The number of hydrogen-bond acceptors (Lipinski definition) is 3. The second-order valence-electron chi connectivity index (χ2n) is 5.47. The number of nitrogens with one attached hydrogen (secondary N) is 1. The molecule has 22 heavy (non-hydrogen) atoms. The summed E-state index contributed by atoms with van der Waals surface area (Å²) in [5, 5.41) is 2.95. The van der Waals surface area contributed by atoms with E-state index in [-0.39, 0.29) is 5.91 Å². The van der Waals surface area contributed by atoms with Crippen LogP contribution in [0.4, 0.5) is 0 Å². The summed E-state index contributed by atoms with van der Waals surface area (Å²) in [5.74, 6) is 2.50. The van der Waals surface area contributed by atoms with Gasteiger partial charge in [-0.15, -0.1) is 0 Å². The van der Waals surface area contributed by atoms with Crippen LogP contribution < -0.4 is 10.1 Å². The molecule has 0 spiro atoms. The van der Waals surface area contributed by atoms with Gasteiger partial charge in [-0.25, -0.2) is 4.98 Å². The van der Waals surface area contributed by atoms with Gasteiger partial charge in [-0.05, 0) is 44.0 Å². The molecule has 116 valence electrons. The van der Waals surface area contributed by atoms with Gasteiger partial charge in [0.25, 0.3) is 5.91 Å². The van der Waals surface area contributed by atoms with E-state index in [0.29, 0.717) is 24.6 Å². The Labute approximate surface area is 130 Å². The number of benzene rings is 1. The fourth-order valence-electron chi connectivity index (χ4n) is 2.47. The van der Waals surface area contributed by atoms with Crippen LogP contribution in [-0.4, -0.2) is 28.6 Å². The Balaban J connectivity index is 1.50. The number of imidazole rings is 1. The minimum atomic E-state index is -0.0591. The van der Waals surface area contributed by atoms with Gasteiger partial charge in [-0.1, -0.05) is 0 Å². The smallest absolute Gasteiger partial charge is 0.251 e. The van der Waals surface area contributed by atoms with Crippen LogP contribution in [0.15, 0.2) is 36.7 Å². The summed E-state index contributed by atoms with van der Waals surface area (Å²) in [6, 6.07) is 7.21. The van der Waals surface area contributed by atoms with Crippen molar-refractivity contribution in [2.45, 2.75) is 32.2 Å². The Hall–Kier alpha value is -2.30. The van der Waals surface area contributed by atoms with Crippen LogP contribution in [0.5, 0.6) is 5.75 Å². The highest BCUT2D eigenvalue weighted by Gasteiger charge is 2.27. The minimum Gasteiger partial charge on any atom is -0.494 e. The largest absolute Gasteiger partial charge is 0.494 e. The molecular weight excluding hydrogens is 278 g/mol. The zero-order valence-electron chi connectivity index (χ0n) is 12.8. The summed E-state index contributed by atoms with van der Waals surface area (Å²) in [6.45, 7) is 3.92. The first-order chi connectivity index (χ1) is 10.8. The summed E-state index contributed by atoms with van der Waals surface area (Å²) >= 11 is 0. The van der Waals surface area contributed by atoms with E-state index in [4.69, 9.17) is 4.74 Å². The normalized spacial score (nSPS) is 13.9. The summed E-state index contributed by atoms with van der Waals surface area (Å²) in [7, 11) is 0. The lowest BCUT2D eigenvalue weighted by Crippen LogP contribution is -2.27. The molecule has 1 N–H and O–H groups in total. The lowest BCUT2D eigenvalue weighted by Gasteiger charge is -2.09. The second kappa shape index (κ2) is 6.64. The number of carbonyl (C=O) groups excluding carboxylic acids is 1. The zero-order chi connectivity index (χ0) is 15.4. The average molecular weight is 299 g/mol. The van der Waals surface area contributed by atoms with E-state index in [9.17, 15) is 4.79 Å². The predicted octanol–water partition coefficient (Wildman–Crippen LogP) is 2.59. The number of ether oxygens (including phenoxy) is 1. The van der Waals surface area contributed by atoms with E-state index < -0.39 is 0 Å². The van der Waals surface area contributed by atoms with Crippen LogP contribution in [0.25, 0.3) is 0 Å². The summed E-state index contributed by atoms with van der Waals surface area (Å²) < 4.78 is 7.51. The van der Waals surface area contributed by atoms with Crippen LogP contribution in [-0.2, 0) is 6.54 Å². The monoisotopic (exact) mass is 299 g/mol. The van der Waals surface area contributed by atoms with Crippen LogP contribution in [0.2, 0.25) is 0 Å². The van der Waals surface area contributed by atoms with Crippen molar-refractivity contribution in [2.75, 3.05) is 13.2 Å². The molecule has 0 unspecified atom stereocenters. The molecule has 1 aromatic carbocycles. The van der Waals surface area contributed by atoms with Crippen molar-refractivity contribution in [3.8, 4) is 5.75 Å². The van der Waals surface area contributed by atoms with Crippen molar-refractivity contribution in [1.82, 2.24) is 14.9 Å². The standard InChI is InChI=1S/C17H21N3O2/c1-2-22-15-7-5-14(6-8-15)17(21)19-10-12-20-11-9-18-16(20)13-3-4-13/h5-9,11,13H,2-4,10,12H2,1H3,(H,19,21). The van der Waals surface area contributed by atoms with Gasteiger partial charge in [-0.3, -0.25) is 4.79 Å². The topological polar surface area (TPSA) is 56.1 Å². The first-order valence-corrected chi connectivity index (χ1v) is 7.80. The molecular formula is C17H21N3O2. The molecule has 1 saturated carbocycles. The minimum absolute atomic E-state index is 0.0591. The van der Waals surface area contributed by atoms with Gasteiger partial charge >= 0.3 is 0 Å². The second-order valence-corrected chi connectivity index (χ2v) is 5.47. The highest BCUT2D eigenvalue weighted by molar-refractivity contribution is 5.94. The lowest BCUT2D eigenvalue weighted by atomic mass is 10.2. The quantitative estimate of drug-likeness (QED) is 0.855. The fraction of sp³-hybridized carbons (Fsp3) is 0.412. The summed E-state index contributed by atoms with van der Waals surface area (Å²) in [6.07, 6.45) is 6.28. The van der Waals surface area contributed by atoms with E-state index in [1.807, 2.05) is 31.5 Å². The van der Waals surface area contributed by atoms with Gasteiger partial charge in [0.15, 0.2) is 0 Å². The first-order valence-electron chi connectivity index (χ1n) is 7.80. The van der Waals surface area contributed by atoms with Crippen LogP contribution >= 0.6 is 0 Å². The molecule has 0 atom stereocenters. The van der Waals surface area contributed by atoms with Gasteiger partial charge in [-0.2, -0.15) is 0 Å². The first kappa shape index (κ1) is 14.6. The van der Waals surface area contributed by atoms with Crippen molar-refractivity contribution in [2.24, 2.45) is 0 Å². The van der Waals surface area contributed by atoms with Gasteiger partial charge in [0.2, 0.25) is 0 Å². The van der Waals surface area contributed by atoms with Gasteiger partial charge in [0.05, 0.1) is 6.61 Å². The molecule has 1 amide bonds. The molecule has 2 aromatic rings. The third-order valence-electron chi connectivity index (χ3n) is 3.76. The molecule has 1 aliphatic rings. The van der Waals surface area contributed by atoms with E-state index in [2.05, 4.69) is 14.9 Å². The molecule has 1 aliphatic carbocycles. The maximum atomic E-state index is 12.1. The molecule has 0 saturated heterocycles. The molecule has 0 bridgehead atoms. The Bertz CT molecular complexity index is 630. The van der Waals surface area contributed by atoms with Crippen molar-refractivity contribution < 1.29 is 9.53 Å². The number of hydrogen-bond donors (Lipinski definition) is 1. The molecule has 0 aliphatic heterocycles. The molecule has 1 fully saturated rings. The van der Waals surface area contributed by atoms with E-state index in [0.717, 1.165) is 18.1 Å². The Morgan fingerprint density at radius 2 is 2.14 bits per heavy atom. The number of rotatable bonds is 7.